The summed E-state index contributed by atoms with van der Waals surface area (Å²) in [5, 5.41) is 25.2. The van der Waals surface area contributed by atoms with Gasteiger partial charge < -0.3 is 54.0 Å². The Morgan fingerprint density at radius 3 is 0.740 bits per heavy atom. The van der Waals surface area contributed by atoms with Crippen LogP contribution in [0.3, 0.4) is 0 Å². The molecule has 0 aromatic heterocycles. The fraction of sp³-hybridized carbons (Fsp3) is 0.333. The molecule has 0 saturated heterocycles. The predicted molar refractivity (Wildman–Crippen MR) is 149 cm³/mol. The van der Waals surface area contributed by atoms with Gasteiger partial charge in [0.25, 0.3) is 0 Å². The molecule has 0 spiro atoms. The second kappa shape index (κ2) is 36.4. The third-order valence-electron chi connectivity index (χ3n) is 4.65. The largest absolute Gasteiger partial charge is 2.00 e. The van der Waals surface area contributed by atoms with Gasteiger partial charge in [0, 0.05) is 51.0 Å². The van der Waals surface area contributed by atoms with E-state index in [1.54, 1.807) is 24.9 Å². The first kappa shape index (κ1) is 73.2. The standard InChI is InChI=1S/C24H28N4O2.2ClHO4.2Ni.8H2O/c1-17-9-19-13-25-5-3-7-27-15-21-11-18(2)12-22(24(21)30)16-28-8-4-6-26-14-20(10-17)23(19)29;2*2-1(3,4)5;;;;;;;;;;/h9-16,29-30H,3-8H2,1-2H3;2*(H,2,3,4,5);;;8*1H2/q;;;2*+2;;;;;;;;/p-4. The van der Waals surface area contributed by atoms with Crippen LogP contribution in [0, 0.1) is 34.3 Å². The van der Waals surface area contributed by atoms with Gasteiger partial charge in [0.2, 0.25) is 0 Å². The van der Waals surface area contributed by atoms with E-state index in [4.69, 9.17) is 37.3 Å². The first-order valence-electron chi connectivity index (χ1n) is 11.4. The Balaban J connectivity index is -0.0000000889. The van der Waals surface area contributed by atoms with E-state index in [-0.39, 0.29) is 88.3 Å². The van der Waals surface area contributed by atoms with Crippen LogP contribution in [-0.4, -0.2) is 94.8 Å². The Morgan fingerprint density at radius 1 is 0.420 bits per heavy atom. The van der Waals surface area contributed by atoms with Crippen LogP contribution in [0.25, 0.3) is 0 Å². The summed E-state index contributed by atoms with van der Waals surface area (Å²) in [5.41, 5.74) is 4.28. The molecule has 26 heteroatoms. The van der Waals surface area contributed by atoms with E-state index >= 15 is 0 Å². The van der Waals surface area contributed by atoms with Crippen LogP contribution in [0.5, 0.6) is 11.5 Å². The molecule has 22 nitrogen and oxygen atoms in total. The normalized spacial score (nSPS) is 11.6. The van der Waals surface area contributed by atoms with Crippen molar-refractivity contribution in [1.29, 1.82) is 0 Å². The number of benzene rings is 2. The molecule has 4 bridgehead atoms. The minimum absolute atomic E-state index is 0. The molecule has 1 aliphatic heterocycles. The number of aliphatic imine (C=N–C) groups is 4. The molecule has 0 aliphatic carbocycles. The van der Waals surface area contributed by atoms with Gasteiger partial charge in [-0.25, -0.2) is 37.3 Å². The van der Waals surface area contributed by atoms with Gasteiger partial charge in [0.1, 0.15) is 0 Å². The SMILES string of the molecule is Cc1cc2c([O-])c(c1)C=NCCCN=Cc1cc(C)cc(c1[O-])C=NCCCN=C2.O.O.O.O.O.O.O.O.[Ni+2].[Ni+2].[O-][Cl+3]([O-])([O-])[O-].[O-][Cl+3]([O-])([O-])[O-]. The van der Waals surface area contributed by atoms with Crippen molar-refractivity contribution in [2.75, 3.05) is 26.2 Å². The Labute approximate surface area is 310 Å². The van der Waals surface area contributed by atoms with Gasteiger partial charge >= 0.3 is 33.0 Å². The zero-order valence-corrected chi connectivity index (χ0v) is 29.6. The number of hydrogen-bond acceptors (Lipinski definition) is 14. The van der Waals surface area contributed by atoms with Crippen molar-refractivity contribution in [3.05, 3.63) is 57.6 Å². The molecule has 0 atom stereocenters. The van der Waals surface area contributed by atoms with E-state index in [2.05, 4.69) is 20.0 Å². The average molecular weight is 863 g/mol. The number of rotatable bonds is 0. The molecular weight excluding hydrogens is 821 g/mol. The molecule has 0 radical (unpaired) electrons. The van der Waals surface area contributed by atoms with Crippen LogP contribution in [0.4, 0.5) is 0 Å². The number of aryl methyl sites for hydroxylation is 2. The van der Waals surface area contributed by atoms with Gasteiger partial charge in [-0.1, -0.05) is 35.8 Å². The Morgan fingerprint density at radius 2 is 0.580 bits per heavy atom. The molecule has 300 valence electrons. The quantitative estimate of drug-likeness (QED) is 0.225. The maximum atomic E-state index is 12.6. The first-order chi connectivity index (χ1) is 18.5. The summed E-state index contributed by atoms with van der Waals surface area (Å²) >= 11 is 0. The molecule has 0 amide bonds. The van der Waals surface area contributed by atoms with E-state index in [0.29, 0.717) is 48.4 Å². The van der Waals surface area contributed by atoms with Crippen LogP contribution in [0.15, 0.2) is 44.2 Å². The molecule has 2 aromatic carbocycles. The maximum Gasteiger partial charge on any atom is 2.00 e. The fourth-order valence-electron chi connectivity index (χ4n) is 3.20. The fourth-order valence-corrected chi connectivity index (χ4v) is 3.20. The molecular formula is C24H42Cl2N4Ni2O18. The van der Waals surface area contributed by atoms with Gasteiger partial charge in [0.05, 0.1) is 0 Å². The van der Waals surface area contributed by atoms with E-state index < -0.39 is 20.5 Å². The summed E-state index contributed by atoms with van der Waals surface area (Å²) in [6.45, 7) is 6.15. The molecule has 0 fully saturated rings. The molecule has 16 N–H and O–H groups in total. The van der Waals surface area contributed by atoms with Gasteiger partial charge in [-0.05, 0) is 60.1 Å². The summed E-state index contributed by atoms with van der Waals surface area (Å²) in [6, 6.07) is 7.36. The Bertz CT molecular complexity index is 1060. The third kappa shape index (κ3) is 36.9. The average Bonchev–Trinajstić information content (AvgIpc) is 2.80. The topological polar surface area (TPSA) is 532 Å². The first-order valence-corrected chi connectivity index (χ1v) is 13.9. The maximum absolute atomic E-state index is 12.6. The van der Waals surface area contributed by atoms with Crippen LogP contribution in [0.2, 0.25) is 0 Å². The van der Waals surface area contributed by atoms with Gasteiger partial charge in [0.15, 0.2) is 0 Å². The summed E-state index contributed by atoms with van der Waals surface area (Å²) in [4.78, 5) is 17.5. The van der Waals surface area contributed by atoms with Crippen molar-refractivity contribution in [2.45, 2.75) is 26.7 Å². The van der Waals surface area contributed by atoms with Crippen molar-refractivity contribution in [2.24, 2.45) is 20.0 Å². The summed E-state index contributed by atoms with van der Waals surface area (Å²) in [5.74, 6) is -0.120. The van der Waals surface area contributed by atoms with Crippen molar-refractivity contribution >= 4 is 24.9 Å². The molecule has 1 aliphatic rings. The van der Waals surface area contributed by atoms with Crippen LogP contribution in [0.1, 0.15) is 46.2 Å². The van der Waals surface area contributed by atoms with Crippen molar-refractivity contribution in [3.8, 4) is 11.5 Å². The van der Waals surface area contributed by atoms with Gasteiger partial charge in [-0.3, -0.25) is 20.0 Å². The van der Waals surface area contributed by atoms with E-state index in [9.17, 15) is 10.2 Å². The third-order valence-corrected chi connectivity index (χ3v) is 4.65. The Hall–Kier alpha value is -2.35. The minimum Gasteiger partial charge on any atom is -0.872 e. The molecule has 0 unspecified atom stereocenters. The summed E-state index contributed by atoms with van der Waals surface area (Å²) in [6.07, 6.45) is 7.99. The van der Waals surface area contributed by atoms with Crippen molar-refractivity contribution in [1.82, 2.24) is 0 Å². The van der Waals surface area contributed by atoms with Gasteiger partial charge in [-0.15, -0.1) is 20.5 Å². The van der Waals surface area contributed by atoms with Crippen LogP contribution >= 0.6 is 0 Å². The number of hydrogen-bond donors (Lipinski definition) is 0. The van der Waals surface area contributed by atoms with Gasteiger partial charge in [-0.2, -0.15) is 0 Å². The molecule has 3 rings (SSSR count). The molecule has 0 saturated carbocycles. The summed E-state index contributed by atoms with van der Waals surface area (Å²) in [7, 11) is -9.89. The zero-order chi connectivity index (χ0) is 30.3. The van der Waals surface area contributed by atoms with E-state index in [1.165, 1.54) is 0 Å². The molecule has 1 heterocycles. The monoisotopic (exact) mass is 860 g/mol. The number of fused-ring (bicyclic) bond motifs is 4. The van der Waals surface area contributed by atoms with E-state index in [1.807, 2.05) is 38.1 Å². The zero-order valence-electron chi connectivity index (χ0n) is 26.1. The number of halogens is 2. The minimum atomic E-state index is -4.94. The molecule has 50 heavy (non-hydrogen) atoms. The second-order valence-corrected chi connectivity index (χ2v) is 9.66. The summed E-state index contributed by atoms with van der Waals surface area (Å²) < 4.78 is 67.9. The predicted octanol–water partition coefficient (Wildman–Crippen LogP) is -13.5. The number of nitrogens with zero attached hydrogens (tertiary/aromatic N) is 4. The molecule has 2 aromatic rings. The van der Waals surface area contributed by atoms with E-state index in [0.717, 1.165) is 24.0 Å². The second-order valence-electron chi connectivity index (χ2n) is 8.15. The van der Waals surface area contributed by atoms with Crippen LogP contribution < -0.4 is 47.5 Å². The smallest absolute Gasteiger partial charge is 0.872 e. The van der Waals surface area contributed by atoms with Crippen molar-refractivity contribution in [3.63, 3.8) is 0 Å². The van der Waals surface area contributed by atoms with Crippen LogP contribution in [-0.2, 0) is 33.0 Å². The Kier molecular flexibility index (Phi) is 53.3. The van der Waals surface area contributed by atoms with Crippen molar-refractivity contribution < 1.29 is 145 Å².